The Morgan fingerprint density at radius 1 is 0.771 bits per heavy atom. The minimum atomic E-state index is -1.05. The second kappa shape index (κ2) is 11.1. The van der Waals surface area contributed by atoms with Crippen LogP contribution in [0.15, 0.2) is 48.5 Å². The maximum absolute atomic E-state index is 14.8. The number of aliphatic hydroxyl groups is 1. The highest BCUT2D eigenvalue weighted by atomic mass is 19.2. The summed E-state index contributed by atoms with van der Waals surface area (Å²) in [5.41, 5.74) is 0.985. The van der Waals surface area contributed by atoms with Gasteiger partial charge in [0.05, 0.1) is 6.61 Å². The molecule has 3 aromatic rings. The van der Waals surface area contributed by atoms with Crippen LogP contribution in [0.3, 0.4) is 0 Å². The highest BCUT2D eigenvalue weighted by Gasteiger charge is 2.26. The first-order valence-corrected chi connectivity index (χ1v) is 11.8. The SMILES string of the molecule is CCOc1ccc(-c2ccc(OCc3ccc(C4CCC(CO)CC4)c(F)c3F)cc2)c(F)c1F. The Morgan fingerprint density at radius 2 is 1.49 bits per heavy atom. The van der Waals surface area contributed by atoms with Crippen molar-refractivity contribution in [1.82, 2.24) is 0 Å². The van der Waals surface area contributed by atoms with E-state index in [1.807, 2.05) is 0 Å². The maximum atomic E-state index is 14.8. The summed E-state index contributed by atoms with van der Waals surface area (Å²) in [4.78, 5) is 0. The van der Waals surface area contributed by atoms with E-state index < -0.39 is 23.3 Å². The Hall–Kier alpha value is -3.06. The molecule has 35 heavy (non-hydrogen) atoms. The van der Waals surface area contributed by atoms with Crippen LogP contribution in [0.2, 0.25) is 0 Å². The van der Waals surface area contributed by atoms with Crippen molar-refractivity contribution in [2.75, 3.05) is 13.2 Å². The topological polar surface area (TPSA) is 38.7 Å². The summed E-state index contributed by atoms with van der Waals surface area (Å²) < 4.78 is 68.8. The third-order valence-corrected chi connectivity index (χ3v) is 6.64. The molecule has 0 amide bonds. The van der Waals surface area contributed by atoms with E-state index in [1.165, 1.54) is 12.1 Å². The summed E-state index contributed by atoms with van der Waals surface area (Å²) in [6.45, 7) is 1.86. The van der Waals surface area contributed by atoms with Crippen molar-refractivity contribution in [2.24, 2.45) is 5.92 Å². The Morgan fingerprint density at radius 3 is 2.14 bits per heavy atom. The van der Waals surface area contributed by atoms with Crippen molar-refractivity contribution >= 4 is 0 Å². The molecule has 0 saturated heterocycles. The molecule has 0 unspecified atom stereocenters. The molecular formula is C28H28F4O3. The molecule has 1 saturated carbocycles. The molecule has 3 aromatic carbocycles. The zero-order valence-electron chi connectivity index (χ0n) is 19.5. The predicted octanol–water partition coefficient (Wildman–Crippen LogP) is 7.15. The zero-order chi connectivity index (χ0) is 24.9. The summed E-state index contributed by atoms with van der Waals surface area (Å²) in [6.07, 6.45) is 3.05. The number of aliphatic hydroxyl groups excluding tert-OH is 1. The van der Waals surface area contributed by atoms with E-state index in [0.717, 1.165) is 25.7 Å². The van der Waals surface area contributed by atoms with E-state index in [4.69, 9.17) is 9.47 Å². The molecule has 4 rings (SSSR count). The van der Waals surface area contributed by atoms with E-state index in [2.05, 4.69) is 0 Å². The van der Waals surface area contributed by atoms with Crippen LogP contribution < -0.4 is 9.47 Å². The van der Waals surface area contributed by atoms with Crippen LogP contribution in [0, 0.1) is 29.2 Å². The molecule has 0 radical (unpaired) electrons. The van der Waals surface area contributed by atoms with Crippen molar-refractivity contribution in [3.05, 3.63) is 82.9 Å². The highest BCUT2D eigenvalue weighted by Crippen LogP contribution is 2.38. The summed E-state index contributed by atoms with van der Waals surface area (Å²) in [5, 5.41) is 9.28. The number of hydrogen-bond acceptors (Lipinski definition) is 3. The predicted molar refractivity (Wildman–Crippen MR) is 125 cm³/mol. The van der Waals surface area contributed by atoms with Crippen molar-refractivity contribution in [1.29, 1.82) is 0 Å². The van der Waals surface area contributed by atoms with Crippen molar-refractivity contribution < 1.29 is 32.1 Å². The average molecular weight is 489 g/mol. The number of rotatable bonds is 8. The largest absolute Gasteiger partial charge is 0.491 e. The Bertz CT molecular complexity index is 1160. The van der Waals surface area contributed by atoms with Crippen LogP contribution in [-0.2, 0) is 6.61 Å². The van der Waals surface area contributed by atoms with Gasteiger partial charge in [-0.2, -0.15) is 4.39 Å². The lowest BCUT2D eigenvalue weighted by molar-refractivity contribution is 0.181. The average Bonchev–Trinajstić information content (AvgIpc) is 2.88. The smallest absolute Gasteiger partial charge is 0.201 e. The van der Waals surface area contributed by atoms with E-state index in [9.17, 15) is 22.7 Å². The van der Waals surface area contributed by atoms with Crippen LogP contribution in [0.5, 0.6) is 11.5 Å². The van der Waals surface area contributed by atoms with Gasteiger partial charge in [0.1, 0.15) is 12.4 Å². The van der Waals surface area contributed by atoms with Crippen LogP contribution in [0.4, 0.5) is 17.6 Å². The van der Waals surface area contributed by atoms with E-state index in [0.29, 0.717) is 16.9 Å². The molecule has 3 nitrogen and oxygen atoms in total. The first-order chi connectivity index (χ1) is 16.9. The second-order valence-electron chi connectivity index (χ2n) is 8.83. The molecular weight excluding hydrogens is 460 g/mol. The molecule has 0 heterocycles. The Labute approximate surface area is 202 Å². The van der Waals surface area contributed by atoms with Crippen LogP contribution in [-0.4, -0.2) is 18.3 Å². The molecule has 0 spiro atoms. The lowest BCUT2D eigenvalue weighted by atomic mass is 9.78. The van der Waals surface area contributed by atoms with E-state index in [1.54, 1.807) is 43.3 Å². The number of ether oxygens (including phenoxy) is 2. The first-order valence-electron chi connectivity index (χ1n) is 11.8. The van der Waals surface area contributed by atoms with Gasteiger partial charge in [-0.15, -0.1) is 0 Å². The van der Waals surface area contributed by atoms with Gasteiger partial charge in [-0.3, -0.25) is 0 Å². The summed E-state index contributed by atoms with van der Waals surface area (Å²) in [5.74, 6) is -3.40. The lowest BCUT2D eigenvalue weighted by Crippen LogP contribution is -2.17. The van der Waals surface area contributed by atoms with Crippen LogP contribution >= 0.6 is 0 Å². The zero-order valence-corrected chi connectivity index (χ0v) is 19.5. The molecule has 1 aliphatic carbocycles. The molecule has 0 aromatic heterocycles. The van der Waals surface area contributed by atoms with E-state index in [-0.39, 0.29) is 48.5 Å². The third kappa shape index (κ3) is 5.45. The third-order valence-electron chi connectivity index (χ3n) is 6.64. The van der Waals surface area contributed by atoms with Gasteiger partial charge in [0.25, 0.3) is 0 Å². The van der Waals surface area contributed by atoms with Crippen LogP contribution in [0.25, 0.3) is 11.1 Å². The molecule has 0 bridgehead atoms. The second-order valence-corrected chi connectivity index (χ2v) is 8.83. The van der Waals surface area contributed by atoms with Crippen molar-refractivity contribution in [2.45, 2.75) is 45.1 Å². The molecule has 1 N–H and O–H groups in total. The lowest BCUT2D eigenvalue weighted by Gasteiger charge is -2.28. The molecule has 186 valence electrons. The van der Waals surface area contributed by atoms with Crippen LogP contribution in [0.1, 0.15) is 49.7 Å². The van der Waals surface area contributed by atoms with Gasteiger partial charge in [0, 0.05) is 17.7 Å². The fraction of sp³-hybridized carbons (Fsp3) is 0.357. The molecule has 7 heteroatoms. The maximum Gasteiger partial charge on any atom is 0.201 e. The quantitative estimate of drug-likeness (QED) is 0.342. The van der Waals surface area contributed by atoms with Gasteiger partial charge >= 0.3 is 0 Å². The van der Waals surface area contributed by atoms with Gasteiger partial charge in [-0.25, -0.2) is 13.2 Å². The monoisotopic (exact) mass is 488 g/mol. The Kier molecular flexibility index (Phi) is 7.96. The number of benzene rings is 3. The molecule has 0 aliphatic heterocycles. The summed E-state index contributed by atoms with van der Waals surface area (Å²) >= 11 is 0. The number of halogens is 4. The number of hydrogen-bond donors (Lipinski definition) is 1. The van der Waals surface area contributed by atoms with Gasteiger partial charge in [0.2, 0.25) is 5.82 Å². The van der Waals surface area contributed by atoms with Gasteiger partial charge < -0.3 is 14.6 Å². The molecule has 1 fully saturated rings. The summed E-state index contributed by atoms with van der Waals surface area (Å²) in [6, 6.07) is 12.2. The summed E-state index contributed by atoms with van der Waals surface area (Å²) in [7, 11) is 0. The molecule has 1 aliphatic rings. The van der Waals surface area contributed by atoms with Crippen molar-refractivity contribution in [3.8, 4) is 22.6 Å². The first kappa shape index (κ1) is 25.0. The highest BCUT2D eigenvalue weighted by molar-refractivity contribution is 5.66. The minimum Gasteiger partial charge on any atom is -0.491 e. The van der Waals surface area contributed by atoms with Gasteiger partial charge in [-0.1, -0.05) is 24.3 Å². The van der Waals surface area contributed by atoms with E-state index >= 15 is 0 Å². The van der Waals surface area contributed by atoms with Gasteiger partial charge in [0.15, 0.2) is 23.2 Å². The molecule has 0 atom stereocenters. The Balaban J connectivity index is 1.42. The fourth-order valence-corrected chi connectivity index (χ4v) is 4.60. The fourth-order valence-electron chi connectivity index (χ4n) is 4.60. The van der Waals surface area contributed by atoms with Gasteiger partial charge in [-0.05, 0) is 79.8 Å². The van der Waals surface area contributed by atoms with Crippen molar-refractivity contribution in [3.63, 3.8) is 0 Å². The standard InChI is InChI=1S/C28H28F4O3/c1-2-34-24-14-13-23(27(31)28(24)32)19-7-10-21(11-8-19)35-16-20-9-12-22(26(30)25(20)29)18-5-3-17(15-33)4-6-18/h7-14,17-18,33H,2-6,15-16H2,1H3. The normalized spacial score (nSPS) is 17.9. The minimum absolute atomic E-state index is 0.0531.